The molecule has 0 aromatic heterocycles. The summed E-state index contributed by atoms with van der Waals surface area (Å²) in [5, 5.41) is 11.1. The average molecular weight is 569 g/mol. The Balaban J connectivity index is 1.70. The van der Waals surface area contributed by atoms with Gasteiger partial charge in [-0.05, 0) is 42.7 Å². The fourth-order valence-corrected chi connectivity index (χ4v) is 5.27. The van der Waals surface area contributed by atoms with E-state index in [0.717, 1.165) is 62.7 Å². The second kappa shape index (κ2) is 13.4. The number of hydrogen-bond donors (Lipinski definition) is 1. The van der Waals surface area contributed by atoms with Crippen molar-refractivity contribution < 1.29 is 14.3 Å². The lowest BCUT2D eigenvalue weighted by atomic mass is 9.93. The number of unbranched alkanes of at least 4 members (excludes halogenated alkanes) is 6. The van der Waals surface area contributed by atoms with Crippen molar-refractivity contribution in [3.8, 4) is 28.2 Å². The van der Waals surface area contributed by atoms with Crippen LogP contribution in [0.1, 0.15) is 75.6 Å². The predicted molar refractivity (Wildman–Crippen MR) is 160 cm³/mol. The van der Waals surface area contributed by atoms with E-state index in [1.807, 2.05) is 29.2 Å². The molecule has 0 saturated heterocycles. The maximum absolute atomic E-state index is 13.5. The van der Waals surface area contributed by atoms with Crippen LogP contribution in [0.25, 0.3) is 33.4 Å². The molecule has 0 bridgehead atoms. The van der Waals surface area contributed by atoms with Crippen molar-refractivity contribution in [1.82, 2.24) is 4.90 Å². The lowest BCUT2D eigenvalue weighted by Gasteiger charge is -2.23. The van der Waals surface area contributed by atoms with Crippen LogP contribution < -0.4 is 5.43 Å². The molecular weight excluding hydrogens is 533 g/mol. The third-order valence-electron chi connectivity index (χ3n) is 7.11. The minimum atomic E-state index is -0.352. The molecule has 1 heterocycles. The summed E-state index contributed by atoms with van der Waals surface area (Å²) in [4.78, 5) is 27.8. The van der Waals surface area contributed by atoms with Crippen molar-refractivity contribution in [2.24, 2.45) is 0 Å². The van der Waals surface area contributed by atoms with Crippen LogP contribution in [-0.4, -0.2) is 29.0 Å². The normalized spacial score (nSPS) is 11.4. The van der Waals surface area contributed by atoms with Gasteiger partial charge in [0.1, 0.15) is 17.1 Å². The van der Waals surface area contributed by atoms with E-state index in [0.29, 0.717) is 27.9 Å². The molecule has 2 aromatic rings. The quantitative estimate of drug-likeness (QED) is 0.137. The number of hydrogen-bond acceptors (Lipinski definition) is 4. The standard InChI is InChI=1S/C32H35Cl2NO4/c1-3-5-7-9-15-35(16-10-8-6-4-2)32(38)22-13-11-21(12-14-22)31-23-17-25(33)27(36)19-29(23)39-30-20-28(37)26(34)18-24(30)31/h11-14,17-20,36H,3-10,15-16H2,1-2H3. The molecule has 39 heavy (non-hydrogen) atoms. The first-order valence-corrected chi connectivity index (χ1v) is 14.6. The number of halogens is 2. The number of benzene rings is 3. The number of phenolic OH excluding ortho intramolecular Hbond substituents is 1. The Hall–Kier alpha value is -3.02. The van der Waals surface area contributed by atoms with Gasteiger partial charge < -0.3 is 14.4 Å². The first-order chi connectivity index (χ1) is 18.8. The van der Waals surface area contributed by atoms with Crippen molar-refractivity contribution in [3.05, 3.63) is 74.4 Å². The third-order valence-corrected chi connectivity index (χ3v) is 7.71. The van der Waals surface area contributed by atoms with Gasteiger partial charge >= 0.3 is 0 Å². The highest BCUT2D eigenvalue weighted by molar-refractivity contribution is 6.33. The molecule has 0 fully saturated rings. The van der Waals surface area contributed by atoms with Gasteiger partial charge in [0.2, 0.25) is 5.43 Å². The van der Waals surface area contributed by atoms with Gasteiger partial charge in [-0.1, -0.05) is 87.7 Å². The number of rotatable bonds is 12. The smallest absolute Gasteiger partial charge is 0.253 e. The van der Waals surface area contributed by atoms with Crippen molar-refractivity contribution in [3.63, 3.8) is 0 Å². The van der Waals surface area contributed by atoms with Crippen molar-refractivity contribution in [2.75, 3.05) is 13.1 Å². The second-order valence-electron chi connectivity index (χ2n) is 10.0. The van der Waals surface area contributed by atoms with Crippen LogP contribution in [0.2, 0.25) is 10.0 Å². The maximum atomic E-state index is 13.5. The van der Waals surface area contributed by atoms with Crippen molar-refractivity contribution in [2.45, 2.75) is 65.2 Å². The molecule has 4 rings (SSSR count). The molecule has 0 spiro atoms. The third kappa shape index (κ3) is 6.77. The van der Waals surface area contributed by atoms with Gasteiger partial charge in [-0.25, -0.2) is 0 Å². The van der Waals surface area contributed by atoms with Gasteiger partial charge in [-0.3, -0.25) is 9.59 Å². The minimum absolute atomic E-state index is 0.0410. The van der Waals surface area contributed by atoms with Gasteiger partial charge in [0.25, 0.3) is 5.91 Å². The summed E-state index contributed by atoms with van der Waals surface area (Å²) in [6.45, 7) is 5.90. The molecule has 1 amide bonds. The molecule has 7 heteroatoms. The number of fused-ring (bicyclic) bond motifs is 2. The maximum Gasteiger partial charge on any atom is 0.253 e. The SMILES string of the molecule is CCCCCCN(CCCCCC)C(=O)c1ccc(-c2c3cc(Cl)c(=O)cc-3oc3cc(O)c(Cl)cc23)cc1. The number of carbonyl (C=O) groups is 1. The van der Waals surface area contributed by atoms with E-state index in [1.165, 1.54) is 25.0 Å². The number of phenols is 1. The molecular formula is C32H35Cl2NO4. The van der Waals surface area contributed by atoms with E-state index in [2.05, 4.69) is 13.8 Å². The molecule has 1 N–H and O–H groups in total. The zero-order valence-electron chi connectivity index (χ0n) is 22.6. The van der Waals surface area contributed by atoms with Gasteiger partial charge in [0, 0.05) is 47.3 Å². The first-order valence-electron chi connectivity index (χ1n) is 13.8. The lowest BCUT2D eigenvalue weighted by molar-refractivity contribution is 0.0749. The summed E-state index contributed by atoms with van der Waals surface area (Å²) in [6.07, 6.45) is 8.94. The van der Waals surface area contributed by atoms with Crippen LogP contribution >= 0.6 is 23.2 Å². The minimum Gasteiger partial charge on any atom is -0.506 e. The molecule has 206 valence electrons. The molecule has 2 aromatic carbocycles. The highest BCUT2D eigenvalue weighted by atomic mass is 35.5. The van der Waals surface area contributed by atoms with Gasteiger partial charge in [0.05, 0.1) is 10.0 Å². The largest absolute Gasteiger partial charge is 0.506 e. The zero-order chi connectivity index (χ0) is 27.9. The van der Waals surface area contributed by atoms with Crippen LogP contribution in [0.15, 0.2) is 57.7 Å². The molecule has 0 atom stereocenters. The van der Waals surface area contributed by atoms with Crippen LogP contribution in [0, 0.1) is 0 Å². The summed E-state index contributed by atoms with van der Waals surface area (Å²) >= 11 is 12.5. The Bertz CT molecular complexity index is 1450. The predicted octanol–water partition coefficient (Wildman–Crippen LogP) is 9.18. The number of nitrogens with zero attached hydrogens (tertiary/aromatic N) is 1. The molecule has 5 nitrogen and oxygen atoms in total. The topological polar surface area (TPSA) is 70.8 Å². The fraction of sp³-hybridized carbons (Fsp3) is 0.375. The number of carbonyl (C=O) groups excluding carboxylic acids is 1. The van der Waals surface area contributed by atoms with E-state index in [1.54, 1.807) is 12.1 Å². The number of amides is 1. The van der Waals surface area contributed by atoms with Crippen LogP contribution in [0.5, 0.6) is 5.75 Å². The van der Waals surface area contributed by atoms with E-state index in [9.17, 15) is 14.7 Å². The van der Waals surface area contributed by atoms with Gasteiger partial charge in [0.15, 0.2) is 0 Å². The van der Waals surface area contributed by atoms with Crippen LogP contribution in [0.3, 0.4) is 0 Å². The Labute approximate surface area is 239 Å². The van der Waals surface area contributed by atoms with E-state index < -0.39 is 0 Å². The molecule has 0 unspecified atom stereocenters. The summed E-state index contributed by atoms with van der Waals surface area (Å²) in [5.74, 6) is 0.270. The van der Waals surface area contributed by atoms with Crippen molar-refractivity contribution >= 4 is 40.1 Å². The number of aromatic hydroxyl groups is 1. The average Bonchev–Trinajstić information content (AvgIpc) is 2.92. The summed E-state index contributed by atoms with van der Waals surface area (Å²) < 4.78 is 5.94. The Morgan fingerprint density at radius 1 is 0.846 bits per heavy atom. The lowest BCUT2D eigenvalue weighted by Crippen LogP contribution is -2.33. The molecule has 1 aliphatic heterocycles. The van der Waals surface area contributed by atoms with Crippen LogP contribution in [-0.2, 0) is 0 Å². The molecule has 0 saturated carbocycles. The summed E-state index contributed by atoms with van der Waals surface area (Å²) in [6, 6.07) is 13.5. The Morgan fingerprint density at radius 3 is 2.10 bits per heavy atom. The van der Waals surface area contributed by atoms with Crippen molar-refractivity contribution in [1.29, 1.82) is 0 Å². The van der Waals surface area contributed by atoms with E-state index >= 15 is 0 Å². The Morgan fingerprint density at radius 2 is 1.49 bits per heavy atom. The van der Waals surface area contributed by atoms with E-state index in [4.69, 9.17) is 27.6 Å². The molecule has 1 aliphatic carbocycles. The fourth-order valence-electron chi connectivity index (χ4n) is 4.95. The van der Waals surface area contributed by atoms with E-state index in [-0.39, 0.29) is 27.1 Å². The molecule has 0 radical (unpaired) electrons. The van der Waals surface area contributed by atoms with Crippen LogP contribution in [0.4, 0.5) is 0 Å². The molecule has 2 aliphatic rings. The first kappa shape index (κ1) is 29.0. The summed E-state index contributed by atoms with van der Waals surface area (Å²) in [5.41, 5.74) is 2.87. The summed E-state index contributed by atoms with van der Waals surface area (Å²) in [7, 11) is 0. The highest BCUT2D eigenvalue weighted by Crippen LogP contribution is 2.43. The van der Waals surface area contributed by atoms with Gasteiger partial charge in [-0.2, -0.15) is 0 Å². The monoisotopic (exact) mass is 567 g/mol. The second-order valence-corrected chi connectivity index (χ2v) is 10.9. The van der Waals surface area contributed by atoms with Gasteiger partial charge in [-0.15, -0.1) is 0 Å². The highest BCUT2D eigenvalue weighted by Gasteiger charge is 2.21. The Kier molecular flexibility index (Phi) is 9.93. The zero-order valence-corrected chi connectivity index (χ0v) is 24.1.